The summed E-state index contributed by atoms with van der Waals surface area (Å²) in [6.07, 6.45) is 4.29. The maximum atomic E-state index is 9.24. The summed E-state index contributed by atoms with van der Waals surface area (Å²) in [5, 5.41) is 12.7. The fourth-order valence-electron chi connectivity index (χ4n) is 2.77. The Morgan fingerprint density at radius 3 is 2.35 bits per heavy atom. The van der Waals surface area contributed by atoms with Gasteiger partial charge in [0.25, 0.3) is 0 Å². The van der Waals surface area contributed by atoms with Gasteiger partial charge in [0.2, 0.25) is 5.95 Å². The van der Waals surface area contributed by atoms with Gasteiger partial charge in [-0.25, -0.2) is 9.97 Å². The molecule has 1 N–H and O–H groups in total. The molecule has 0 bridgehead atoms. The first kappa shape index (κ1) is 15.4. The average molecular weight is 311 g/mol. The van der Waals surface area contributed by atoms with Crippen LogP contribution in [0.1, 0.15) is 12.0 Å². The molecule has 1 aliphatic heterocycles. The molecule has 0 aliphatic carbocycles. The van der Waals surface area contributed by atoms with Crippen LogP contribution < -0.4 is 4.90 Å². The Hall–Kier alpha value is -2.47. The molecule has 1 aromatic heterocycles. The Kier molecular flexibility index (Phi) is 5.16. The predicted octanol–water partition coefficient (Wildman–Crippen LogP) is 1.87. The molecule has 1 aliphatic rings. The van der Waals surface area contributed by atoms with Crippen molar-refractivity contribution in [3.63, 3.8) is 0 Å². The van der Waals surface area contributed by atoms with E-state index in [1.807, 2.05) is 36.4 Å². The highest BCUT2D eigenvalue weighted by Gasteiger charge is 2.19. The molecule has 1 aromatic carbocycles. The van der Waals surface area contributed by atoms with Crippen molar-refractivity contribution >= 4 is 11.7 Å². The third-order valence-corrected chi connectivity index (χ3v) is 4.10. The molecule has 6 heteroatoms. The molecule has 1 fully saturated rings. The second kappa shape index (κ2) is 7.69. The lowest BCUT2D eigenvalue weighted by Gasteiger charge is -2.34. The molecular weight excluding hydrogens is 290 g/mol. The number of hydrogen-bond acceptors (Lipinski definition) is 6. The zero-order valence-corrected chi connectivity index (χ0v) is 13.0. The monoisotopic (exact) mass is 311 g/mol. The summed E-state index contributed by atoms with van der Waals surface area (Å²) in [4.78, 5) is 13.2. The Morgan fingerprint density at radius 2 is 1.70 bits per heavy atom. The number of benzene rings is 1. The largest absolute Gasteiger partial charge is 0.411 e. The van der Waals surface area contributed by atoms with E-state index in [1.54, 1.807) is 12.4 Å². The van der Waals surface area contributed by atoms with Crippen LogP contribution in [0.2, 0.25) is 0 Å². The van der Waals surface area contributed by atoms with Gasteiger partial charge in [-0.05, 0) is 11.6 Å². The van der Waals surface area contributed by atoms with Gasteiger partial charge in [-0.1, -0.05) is 35.5 Å². The second-order valence-electron chi connectivity index (χ2n) is 5.54. The van der Waals surface area contributed by atoms with Crippen molar-refractivity contribution in [2.45, 2.75) is 6.42 Å². The molecule has 0 saturated carbocycles. The van der Waals surface area contributed by atoms with Crippen molar-refractivity contribution in [2.75, 3.05) is 37.6 Å². The van der Waals surface area contributed by atoms with Gasteiger partial charge in [0, 0.05) is 51.5 Å². The summed E-state index contributed by atoms with van der Waals surface area (Å²) < 4.78 is 0. The molecule has 6 nitrogen and oxygen atoms in total. The van der Waals surface area contributed by atoms with E-state index in [4.69, 9.17) is 0 Å². The van der Waals surface area contributed by atoms with Gasteiger partial charge in [-0.2, -0.15) is 0 Å². The van der Waals surface area contributed by atoms with E-state index in [0.717, 1.165) is 56.4 Å². The number of piperazine rings is 1. The van der Waals surface area contributed by atoms with Gasteiger partial charge in [-0.15, -0.1) is 0 Å². The van der Waals surface area contributed by atoms with E-state index < -0.39 is 0 Å². The smallest absolute Gasteiger partial charge is 0.225 e. The van der Waals surface area contributed by atoms with Crippen LogP contribution in [-0.2, 0) is 0 Å². The van der Waals surface area contributed by atoms with Gasteiger partial charge >= 0.3 is 0 Å². The Labute approximate surface area is 136 Å². The second-order valence-corrected chi connectivity index (χ2v) is 5.54. The van der Waals surface area contributed by atoms with Crippen molar-refractivity contribution in [2.24, 2.45) is 5.16 Å². The first-order chi connectivity index (χ1) is 11.4. The van der Waals surface area contributed by atoms with Crippen LogP contribution in [0.15, 0.2) is 53.9 Å². The van der Waals surface area contributed by atoms with Crippen LogP contribution in [0, 0.1) is 0 Å². The topological polar surface area (TPSA) is 64.9 Å². The van der Waals surface area contributed by atoms with Gasteiger partial charge in [0.15, 0.2) is 0 Å². The maximum absolute atomic E-state index is 9.24. The molecule has 0 spiro atoms. The van der Waals surface area contributed by atoms with Crippen LogP contribution in [0.4, 0.5) is 5.95 Å². The predicted molar refractivity (Wildman–Crippen MR) is 90.1 cm³/mol. The van der Waals surface area contributed by atoms with Crippen molar-refractivity contribution in [1.82, 2.24) is 14.9 Å². The minimum absolute atomic E-state index is 0.736. The third kappa shape index (κ3) is 4.04. The van der Waals surface area contributed by atoms with Gasteiger partial charge in [-0.3, -0.25) is 4.90 Å². The standard InChI is InChI=1S/C17H21N5O/c23-20-16(15-5-2-1-3-6-15)7-10-21-11-13-22(14-12-21)17-18-8-4-9-19-17/h1-6,8-9,23H,7,10-14H2. The summed E-state index contributed by atoms with van der Waals surface area (Å²) in [6, 6.07) is 11.7. The number of hydrogen-bond donors (Lipinski definition) is 1. The maximum Gasteiger partial charge on any atom is 0.225 e. The fourth-order valence-corrected chi connectivity index (χ4v) is 2.77. The van der Waals surface area contributed by atoms with E-state index >= 15 is 0 Å². The Bertz CT molecular complexity index is 624. The molecule has 0 radical (unpaired) electrons. The minimum Gasteiger partial charge on any atom is -0.411 e. The Morgan fingerprint density at radius 1 is 1.00 bits per heavy atom. The lowest BCUT2D eigenvalue weighted by atomic mass is 10.1. The highest BCUT2D eigenvalue weighted by Crippen LogP contribution is 2.11. The molecule has 0 unspecified atom stereocenters. The number of rotatable bonds is 5. The molecule has 2 aromatic rings. The van der Waals surface area contributed by atoms with Crippen LogP contribution in [0.5, 0.6) is 0 Å². The summed E-state index contributed by atoms with van der Waals surface area (Å²) in [6.45, 7) is 4.65. The van der Waals surface area contributed by atoms with Gasteiger partial charge < -0.3 is 10.1 Å². The number of oxime groups is 1. The molecule has 0 atom stereocenters. The van der Waals surface area contributed by atoms with E-state index in [0.29, 0.717) is 0 Å². The molecule has 120 valence electrons. The molecule has 0 amide bonds. The molecule has 3 rings (SSSR count). The van der Waals surface area contributed by atoms with Crippen LogP contribution in [0.25, 0.3) is 0 Å². The van der Waals surface area contributed by atoms with Crippen LogP contribution >= 0.6 is 0 Å². The number of aromatic nitrogens is 2. The first-order valence-corrected chi connectivity index (χ1v) is 7.87. The normalized spacial score (nSPS) is 16.5. The molecule has 23 heavy (non-hydrogen) atoms. The number of anilines is 1. The zero-order valence-electron chi connectivity index (χ0n) is 13.0. The quantitative estimate of drug-likeness (QED) is 0.519. The van der Waals surface area contributed by atoms with Crippen molar-refractivity contribution in [3.8, 4) is 0 Å². The average Bonchev–Trinajstić information content (AvgIpc) is 2.64. The van der Waals surface area contributed by atoms with E-state index in [-0.39, 0.29) is 0 Å². The highest BCUT2D eigenvalue weighted by atomic mass is 16.4. The highest BCUT2D eigenvalue weighted by molar-refractivity contribution is 6.00. The van der Waals surface area contributed by atoms with E-state index in [1.165, 1.54) is 0 Å². The Balaban J connectivity index is 1.49. The van der Waals surface area contributed by atoms with E-state index in [2.05, 4.69) is 24.9 Å². The minimum atomic E-state index is 0.736. The summed E-state index contributed by atoms with van der Waals surface area (Å²) in [5.41, 5.74) is 1.71. The fraction of sp³-hybridized carbons (Fsp3) is 0.353. The van der Waals surface area contributed by atoms with Crippen LogP contribution in [0.3, 0.4) is 0 Å². The SMILES string of the molecule is ON=C(CCN1CCN(c2ncccn2)CC1)c1ccccc1. The van der Waals surface area contributed by atoms with Crippen molar-refractivity contribution in [3.05, 3.63) is 54.4 Å². The van der Waals surface area contributed by atoms with Gasteiger partial charge in [0.05, 0.1) is 5.71 Å². The van der Waals surface area contributed by atoms with Crippen molar-refractivity contribution < 1.29 is 5.21 Å². The summed E-state index contributed by atoms with van der Waals surface area (Å²) in [5.74, 6) is 0.800. The molecule has 2 heterocycles. The third-order valence-electron chi connectivity index (χ3n) is 4.10. The van der Waals surface area contributed by atoms with E-state index in [9.17, 15) is 5.21 Å². The number of nitrogens with zero attached hydrogens (tertiary/aromatic N) is 5. The first-order valence-electron chi connectivity index (χ1n) is 7.87. The molecular formula is C17H21N5O. The lowest BCUT2D eigenvalue weighted by molar-refractivity contribution is 0.261. The summed E-state index contributed by atoms with van der Waals surface area (Å²) in [7, 11) is 0. The zero-order chi connectivity index (χ0) is 15.9. The lowest BCUT2D eigenvalue weighted by Crippen LogP contribution is -2.47. The van der Waals surface area contributed by atoms with Crippen LogP contribution in [-0.4, -0.2) is 58.5 Å². The van der Waals surface area contributed by atoms with Gasteiger partial charge in [0.1, 0.15) is 0 Å². The van der Waals surface area contributed by atoms with Crippen molar-refractivity contribution in [1.29, 1.82) is 0 Å². The summed E-state index contributed by atoms with van der Waals surface area (Å²) >= 11 is 0. The molecule has 1 saturated heterocycles.